The lowest BCUT2D eigenvalue weighted by Crippen LogP contribution is -2.36. The summed E-state index contributed by atoms with van der Waals surface area (Å²) in [4.78, 5) is 12.9. The van der Waals surface area contributed by atoms with E-state index in [4.69, 9.17) is 0 Å². The minimum absolute atomic E-state index is 0.0242. The fourth-order valence-corrected chi connectivity index (χ4v) is 4.64. The van der Waals surface area contributed by atoms with E-state index in [1.807, 2.05) is 13.1 Å². The first-order valence-electron chi connectivity index (χ1n) is 9.33. The molecule has 132 valence electrons. The maximum Gasteiger partial charge on any atom is 0.269 e. The molecule has 2 aliphatic rings. The number of carbonyl (C=O) groups excluding carboxylic acids is 1. The number of aryl methyl sites for hydroxylation is 2. The van der Waals surface area contributed by atoms with Crippen molar-refractivity contribution in [3.63, 3.8) is 0 Å². The Morgan fingerprint density at radius 3 is 2.56 bits per heavy atom. The van der Waals surface area contributed by atoms with Crippen LogP contribution in [0.25, 0.3) is 0 Å². The van der Waals surface area contributed by atoms with Crippen LogP contribution in [-0.2, 0) is 25.3 Å². The van der Waals surface area contributed by atoms with Crippen LogP contribution in [0.1, 0.15) is 60.4 Å². The average Bonchev–Trinajstić information content (AvgIpc) is 3.01. The fourth-order valence-electron chi connectivity index (χ4n) is 4.64. The van der Waals surface area contributed by atoms with Crippen LogP contribution in [-0.4, -0.2) is 22.2 Å². The van der Waals surface area contributed by atoms with E-state index in [2.05, 4.69) is 48.5 Å². The normalized spacial score (nSPS) is 23.8. The van der Waals surface area contributed by atoms with Crippen molar-refractivity contribution in [3.05, 3.63) is 52.8 Å². The molecule has 1 aromatic heterocycles. The summed E-state index contributed by atoms with van der Waals surface area (Å²) in [6, 6.07) is 10.6. The number of fused-ring (bicyclic) bond motifs is 1. The number of aromatic nitrogens is 2. The number of benzene rings is 1. The largest absolute Gasteiger partial charge is 0.350 e. The van der Waals surface area contributed by atoms with Crippen molar-refractivity contribution in [2.75, 3.05) is 6.54 Å². The van der Waals surface area contributed by atoms with Crippen molar-refractivity contribution < 1.29 is 4.79 Å². The lowest BCUT2D eigenvalue weighted by atomic mass is 9.87. The van der Waals surface area contributed by atoms with E-state index >= 15 is 0 Å². The molecule has 4 rings (SSSR count). The number of nitrogens with zero attached hydrogens (tertiary/aromatic N) is 2. The Morgan fingerprint density at radius 2 is 1.88 bits per heavy atom. The van der Waals surface area contributed by atoms with Crippen molar-refractivity contribution >= 4 is 5.91 Å². The molecule has 0 aliphatic heterocycles. The first kappa shape index (κ1) is 16.4. The van der Waals surface area contributed by atoms with Crippen LogP contribution in [0, 0.1) is 5.41 Å². The van der Waals surface area contributed by atoms with Gasteiger partial charge in [0.1, 0.15) is 5.69 Å². The van der Waals surface area contributed by atoms with Gasteiger partial charge in [0.2, 0.25) is 0 Å². The molecule has 0 saturated heterocycles. The highest BCUT2D eigenvalue weighted by Gasteiger charge is 2.61. The summed E-state index contributed by atoms with van der Waals surface area (Å²) in [5, 5.41) is 7.81. The highest BCUT2D eigenvalue weighted by atomic mass is 16.2. The summed E-state index contributed by atoms with van der Waals surface area (Å²) >= 11 is 0. The zero-order chi connectivity index (χ0) is 17.7. The second kappa shape index (κ2) is 5.72. The third-order valence-corrected chi connectivity index (χ3v) is 6.33. The molecule has 1 unspecified atom stereocenters. The summed E-state index contributed by atoms with van der Waals surface area (Å²) in [6.45, 7) is 5.26. The molecule has 0 bridgehead atoms. The van der Waals surface area contributed by atoms with E-state index in [-0.39, 0.29) is 16.7 Å². The fraction of sp³-hybridized carbons (Fsp3) is 0.524. The number of rotatable bonds is 4. The summed E-state index contributed by atoms with van der Waals surface area (Å²) in [6.07, 6.45) is 5.41. The molecule has 0 spiro atoms. The molecular formula is C21H27N3O. The molecule has 4 nitrogen and oxygen atoms in total. The Labute approximate surface area is 149 Å². The van der Waals surface area contributed by atoms with Gasteiger partial charge in [-0.25, -0.2) is 0 Å². The van der Waals surface area contributed by atoms with Gasteiger partial charge in [0.15, 0.2) is 0 Å². The highest BCUT2D eigenvalue weighted by Crippen LogP contribution is 2.63. The Morgan fingerprint density at radius 1 is 1.20 bits per heavy atom. The van der Waals surface area contributed by atoms with Gasteiger partial charge >= 0.3 is 0 Å². The Kier molecular flexibility index (Phi) is 3.75. The predicted octanol–water partition coefficient (Wildman–Crippen LogP) is 3.40. The molecule has 1 aromatic carbocycles. The second-order valence-corrected chi connectivity index (χ2v) is 8.30. The topological polar surface area (TPSA) is 46.9 Å². The van der Waals surface area contributed by atoms with Crippen LogP contribution < -0.4 is 5.32 Å². The molecule has 2 aromatic rings. The second-order valence-electron chi connectivity index (χ2n) is 8.30. The SMILES string of the molecule is Cn1nc2c(c1C(=O)NCC1(c3ccccc3)CC1(C)C)CCCC2. The van der Waals surface area contributed by atoms with Crippen molar-refractivity contribution in [1.29, 1.82) is 0 Å². The van der Waals surface area contributed by atoms with Gasteiger partial charge in [-0.15, -0.1) is 0 Å². The van der Waals surface area contributed by atoms with Crippen molar-refractivity contribution in [1.82, 2.24) is 15.1 Å². The van der Waals surface area contributed by atoms with Crippen LogP contribution in [0.15, 0.2) is 30.3 Å². The number of hydrogen-bond acceptors (Lipinski definition) is 2. The van der Waals surface area contributed by atoms with E-state index in [1.165, 1.54) is 12.0 Å². The molecule has 0 radical (unpaired) electrons. The lowest BCUT2D eigenvalue weighted by molar-refractivity contribution is 0.0937. The standard InChI is InChI=1S/C21H27N3O/c1-20(2)13-21(20,15-9-5-4-6-10-15)14-22-19(25)18-16-11-7-8-12-17(16)23-24(18)3/h4-6,9-10H,7-8,11-14H2,1-3H3,(H,22,25). The highest BCUT2D eigenvalue weighted by molar-refractivity contribution is 5.94. The first-order valence-corrected chi connectivity index (χ1v) is 9.33. The quantitative estimate of drug-likeness (QED) is 0.929. The van der Waals surface area contributed by atoms with Gasteiger partial charge in [-0.1, -0.05) is 44.2 Å². The maximum absolute atomic E-state index is 12.9. The lowest BCUT2D eigenvalue weighted by Gasteiger charge is -2.22. The van der Waals surface area contributed by atoms with Gasteiger partial charge < -0.3 is 5.32 Å². The molecule has 1 heterocycles. The zero-order valence-corrected chi connectivity index (χ0v) is 15.4. The van der Waals surface area contributed by atoms with Crippen LogP contribution in [0.5, 0.6) is 0 Å². The van der Waals surface area contributed by atoms with E-state index in [1.54, 1.807) is 4.68 Å². The summed E-state index contributed by atoms with van der Waals surface area (Å²) in [5.74, 6) is 0.0242. The minimum atomic E-state index is 0.0242. The van der Waals surface area contributed by atoms with E-state index in [9.17, 15) is 4.79 Å². The monoisotopic (exact) mass is 337 g/mol. The zero-order valence-electron chi connectivity index (χ0n) is 15.4. The molecule has 2 aliphatic carbocycles. The van der Waals surface area contributed by atoms with Crippen molar-refractivity contribution in [2.24, 2.45) is 12.5 Å². The molecule has 25 heavy (non-hydrogen) atoms. The Hall–Kier alpha value is -2.10. The minimum Gasteiger partial charge on any atom is -0.350 e. The van der Waals surface area contributed by atoms with Gasteiger partial charge in [-0.05, 0) is 43.1 Å². The molecule has 1 fully saturated rings. The maximum atomic E-state index is 12.9. The first-order chi connectivity index (χ1) is 11.9. The van der Waals surface area contributed by atoms with Crippen LogP contribution in [0.3, 0.4) is 0 Å². The van der Waals surface area contributed by atoms with Gasteiger partial charge in [0.25, 0.3) is 5.91 Å². The van der Waals surface area contributed by atoms with Crippen LogP contribution in [0.4, 0.5) is 0 Å². The Balaban J connectivity index is 1.55. The third-order valence-electron chi connectivity index (χ3n) is 6.33. The Bertz CT molecular complexity index is 806. The molecule has 4 heteroatoms. The summed E-state index contributed by atoms with van der Waals surface area (Å²) in [7, 11) is 1.89. The average molecular weight is 337 g/mol. The van der Waals surface area contributed by atoms with E-state index in [0.29, 0.717) is 6.54 Å². The van der Waals surface area contributed by atoms with Crippen molar-refractivity contribution in [3.8, 4) is 0 Å². The number of amides is 1. The van der Waals surface area contributed by atoms with Crippen LogP contribution in [0.2, 0.25) is 0 Å². The molecule has 1 amide bonds. The number of hydrogen-bond donors (Lipinski definition) is 1. The number of nitrogens with one attached hydrogen (secondary N) is 1. The van der Waals surface area contributed by atoms with Gasteiger partial charge in [-0.3, -0.25) is 9.48 Å². The van der Waals surface area contributed by atoms with Gasteiger partial charge in [0.05, 0.1) is 5.69 Å². The van der Waals surface area contributed by atoms with E-state index < -0.39 is 0 Å². The molecular weight excluding hydrogens is 310 g/mol. The van der Waals surface area contributed by atoms with Gasteiger partial charge in [0, 0.05) is 24.6 Å². The van der Waals surface area contributed by atoms with Crippen molar-refractivity contribution in [2.45, 2.75) is 51.4 Å². The summed E-state index contributed by atoms with van der Waals surface area (Å²) in [5.41, 5.74) is 4.62. The third kappa shape index (κ3) is 2.59. The smallest absolute Gasteiger partial charge is 0.269 e. The molecule has 1 saturated carbocycles. The van der Waals surface area contributed by atoms with Gasteiger partial charge in [-0.2, -0.15) is 5.10 Å². The predicted molar refractivity (Wildman–Crippen MR) is 98.7 cm³/mol. The van der Waals surface area contributed by atoms with Crippen LogP contribution >= 0.6 is 0 Å². The van der Waals surface area contributed by atoms with E-state index in [0.717, 1.165) is 42.6 Å². The summed E-state index contributed by atoms with van der Waals surface area (Å²) < 4.78 is 1.78. The molecule has 1 N–H and O–H groups in total. The number of carbonyl (C=O) groups is 1. The molecule has 1 atom stereocenters.